The second kappa shape index (κ2) is 10.0. The number of hydrogen-bond acceptors (Lipinski definition) is 7. The van der Waals surface area contributed by atoms with Gasteiger partial charge in [0.15, 0.2) is 17.9 Å². The van der Waals surface area contributed by atoms with E-state index in [-0.39, 0.29) is 17.8 Å². The molecule has 1 aromatic carbocycles. The highest BCUT2D eigenvalue weighted by atomic mass is 19.1. The van der Waals surface area contributed by atoms with Crippen molar-refractivity contribution in [2.45, 2.75) is 45.4 Å². The van der Waals surface area contributed by atoms with Crippen molar-refractivity contribution in [2.24, 2.45) is 0 Å². The lowest BCUT2D eigenvalue weighted by molar-refractivity contribution is 0.0836. The van der Waals surface area contributed by atoms with Crippen LogP contribution in [0.1, 0.15) is 45.8 Å². The lowest BCUT2D eigenvalue weighted by Crippen LogP contribution is -2.36. The van der Waals surface area contributed by atoms with Crippen LogP contribution in [0.2, 0.25) is 0 Å². The number of aliphatic hydroxyl groups excluding tert-OH is 1. The normalized spacial score (nSPS) is 14.7. The lowest BCUT2D eigenvalue weighted by atomic mass is 9.98. The molecule has 4 rings (SSSR count). The van der Waals surface area contributed by atoms with Crippen molar-refractivity contribution in [3.8, 4) is 5.75 Å². The van der Waals surface area contributed by atoms with Gasteiger partial charge in [-0.3, -0.25) is 9.69 Å². The predicted octanol–water partition coefficient (Wildman–Crippen LogP) is 3.48. The Balaban J connectivity index is 1.25. The van der Waals surface area contributed by atoms with Gasteiger partial charge >= 0.3 is 0 Å². The maximum atomic E-state index is 13.2. The molecule has 0 unspecified atom stereocenters. The van der Waals surface area contributed by atoms with E-state index in [2.05, 4.69) is 27.0 Å². The highest BCUT2D eigenvalue weighted by Gasteiger charge is 2.20. The molecular formula is C24H26FN3O4. The zero-order chi connectivity index (χ0) is 22.5. The smallest absolute Gasteiger partial charge is 0.213 e. The van der Waals surface area contributed by atoms with Gasteiger partial charge in [-0.15, -0.1) is 0 Å². The average molecular weight is 439 g/mol. The van der Waals surface area contributed by atoms with Crippen LogP contribution in [0.15, 0.2) is 47.3 Å². The summed E-state index contributed by atoms with van der Waals surface area (Å²) < 4.78 is 24.3. The Bertz CT molecular complexity index is 1080. The molecule has 0 amide bonds. The molecule has 1 N–H and O–H groups in total. The van der Waals surface area contributed by atoms with Crippen LogP contribution in [0.5, 0.6) is 5.75 Å². The van der Waals surface area contributed by atoms with Gasteiger partial charge in [0, 0.05) is 43.9 Å². The van der Waals surface area contributed by atoms with Gasteiger partial charge in [-0.1, -0.05) is 6.07 Å². The first-order valence-electron chi connectivity index (χ1n) is 10.7. The number of rotatable bonds is 9. The van der Waals surface area contributed by atoms with Gasteiger partial charge < -0.3 is 14.3 Å². The highest BCUT2D eigenvalue weighted by Crippen LogP contribution is 2.25. The summed E-state index contributed by atoms with van der Waals surface area (Å²) in [5.74, 6) is 0.641. The number of ether oxygens (including phenoxy) is 1. The standard InChI is InChI=1S/C24H26FN3O4/c1-16-23(32-15-27-16)14-31-21-4-2-19-12-28(9-7-17(19)10-21)13-20(29)3-5-22(30)18-6-8-26-24(25)11-18/h2,4,6,8,10-11,15,20,29H,3,5,7,9,12-14H2,1H3/t20-/m0/s1. The summed E-state index contributed by atoms with van der Waals surface area (Å²) in [6.07, 6.45) is 3.42. The molecule has 0 radical (unpaired) electrons. The summed E-state index contributed by atoms with van der Waals surface area (Å²) in [6.45, 7) is 4.26. The molecule has 2 aromatic heterocycles. The SMILES string of the molecule is Cc1ncoc1COc1ccc2c(c1)CCN(C[C@@H](O)CCC(=O)c1ccnc(F)c1)C2. The third kappa shape index (κ3) is 5.57. The quantitative estimate of drug-likeness (QED) is 0.403. The molecule has 0 aliphatic carbocycles. The second-order valence-electron chi connectivity index (χ2n) is 8.05. The van der Waals surface area contributed by atoms with Gasteiger partial charge in [0.25, 0.3) is 0 Å². The Labute approximate surface area is 185 Å². The van der Waals surface area contributed by atoms with E-state index in [1.807, 2.05) is 13.0 Å². The monoisotopic (exact) mass is 439 g/mol. The predicted molar refractivity (Wildman–Crippen MR) is 115 cm³/mol. The number of β-amino-alcohol motifs (C(OH)–C–C–N with tert-alkyl or cyclic N) is 1. The van der Waals surface area contributed by atoms with E-state index in [0.29, 0.717) is 19.6 Å². The summed E-state index contributed by atoms with van der Waals surface area (Å²) in [6, 6.07) is 8.67. The number of oxazole rings is 1. The van der Waals surface area contributed by atoms with Crippen LogP contribution in [-0.4, -0.2) is 45.0 Å². The molecule has 0 bridgehead atoms. The fraction of sp³-hybridized carbons (Fsp3) is 0.375. The van der Waals surface area contributed by atoms with Gasteiger partial charge in [0.05, 0.1) is 11.8 Å². The first-order chi connectivity index (χ1) is 15.5. The number of nitrogens with zero attached hydrogens (tertiary/aromatic N) is 3. The van der Waals surface area contributed by atoms with Crippen LogP contribution in [0.4, 0.5) is 4.39 Å². The van der Waals surface area contributed by atoms with Crippen molar-refractivity contribution in [3.05, 3.63) is 77.0 Å². The topological polar surface area (TPSA) is 88.7 Å². The van der Waals surface area contributed by atoms with Crippen LogP contribution >= 0.6 is 0 Å². The molecule has 1 aliphatic heterocycles. The van der Waals surface area contributed by atoms with Crippen LogP contribution in [0.25, 0.3) is 0 Å². The number of carbonyl (C=O) groups is 1. The van der Waals surface area contributed by atoms with Gasteiger partial charge in [0.2, 0.25) is 5.95 Å². The molecular weight excluding hydrogens is 413 g/mol. The number of halogens is 1. The summed E-state index contributed by atoms with van der Waals surface area (Å²) in [5, 5.41) is 10.4. The molecule has 0 spiro atoms. The minimum Gasteiger partial charge on any atom is -0.486 e. The zero-order valence-corrected chi connectivity index (χ0v) is 18.0. The first-order valence-corrected chi connectivity index (χ1v) is 10.7. The fourth-order valence-electron chi connectivity index (χ4n) is 3.85. The fourth-order valence-corrected chi connectivity index (χ4v) is 3.85. The molecule has 32 heavy (non-hydrogen) atoms. The van der Waals surface area contributed by atoms with E-state index >= 15 is 0 Å². The second-order valence-corrected chi connectivity index (χ2v) is 8.05. The van der Waals surface area contributed by atoms with E-state index in [1.165, 1.54) is 29.8 Å². The molecule has 3 aromatic rings. The van der Waals surface area contributed by atoms with Gasteiger partial charge in [-0.2, -0.15) is 4.39 Å². The van der Waals surface area contributed by atoms with Crippen molar-refractivity contribution < 1.29 is 23.4 Å². The molecule has 0 saturated heterocycles. The zero-order valence-electron chi connectivity index (χ0n) is 18.0. The maximum absolute atomic E-state index is 13.2. The summed E-state index contributed by atoms with van der Waals surface area (Å²) >= 11 is 0. The molecule has 0 saturated carbocycles. The third-order valence-corrected chi connectivity index (χ3v) is 5.71. The van der Waals surface area contributed by atoms with Crippen molar-refractivity contribution in [1.82, 2.24) is 14.9 Å². The molecule has 1 atom stereocenters. The molecule has 0 fully saturated rings. The minimum absolute atomic E-state index is 0.167. The summed E-state index contributed by atoms with van der Waals surface area (Å²) in [5.41, 5.74) is 3.55. The van der Waals surface area contributed by atoms with E-state index in [9.17, 15) is 14.3 Å². The van der Waals surface area contributed by atoms with E-state index in [4.69, 9.17) is 9.15 Å². The molecule has 168 valence electrons. The van der Waals surface area contributed by atoms with Crippen LogP contribution in [-0.2, 0) is 19.6 Å². The van der Waals surface area contributed by atoms with Gasteiger partial charge in [0.1, 0.15) is 12.4 Å². The van der Waals surface area contributed by atoms with Crippen molar-refractivity contribution in [3.63, 3.8) is 0 Å². The summed E-state index contributed by atoms with van der Waals surface area (Å²) in [7, 11) is 0. The largest absolute Gasteiger partial charge is 0.486 e. The molecule has 7 nitrogen and oxygen atoms in total. The Morgan fingerprint density at radius 3 is 2.94 bits per heavy atom. The number of aromatic nitrogens is 2. The van der Waals surface area contributed by atoms with Crippen molar-refractivity contribution in [2.75, 3.05) is 13.1 Å². The van der Waals surface area contributed by atoms with Crippen molar-refractivity contribution in [1.29, 1.82) is 0 Å². The number of hydrogen-bond donors (Lipinski definition) is 1. The van der Waals surface area contributed by atoms with E-state index < -0.39 is 12.1 Å². The maximum Gasteiger partial charge on any atom is 0.213 e. The molecule has 8 heteroatoms. The Morgan fingerprint density at radius 1 is 1.28 bits per heavy atom. The molecule has 1 aliphatic rings. The number of aryl methyl sites for hydroxylation is 1. The van der Waals surface area contributed by atoms with Crippen LogP contribution in [0, 0.1) is 12.9 Å². The van der Waals surface area contributed by atoms with Gasteiger partial charge in [-0.25, -0.2) is 9.97 Å². The first kappa shape index (κ1) is 22.1. The van der Waals surface area contributed by atoms with Crippen LogP contribution < -0.4 is 4.74 Å². The number of aliphatic hydroxyl groups is 1. The van der Waals surface area contributed by atoms with E-state index in [0.717, 1.165) is 42.8 Å². The number of ketones is 1. The van der Waals surface area contributed by atoms with Gasteiger partial charge in [-0.05, 0) is 49.1 Å². The number of benzene rings is 1. The number of pyridine rings is 1. The Hall–Kier alpha value is -3.10. The minimum atomic E-state index is -0.676. The highest BCUT2D eigenvalue weighted by molar-refractivity contribution is 5.95. The Kier molecular flexibility index (Phi) is 6.92. The number of carbonyl (C=O) groups excluding carboxylic acids is 1. The van der Waals surface area contributed by atoms with Crippen LogP contribution in [0.3, 0.4) is 0 Å². The van der Waals surface area contributed by atoms with Crippen molar-refractivity contribution >= 4 is 5.78 Å². The number of fused-ring (bicyclic) bond motifs is 1. The number of Topliss-reactive ketones (excluding diaryl/α,β-unsaturated/α-hetero) is 1. The van der Waals surface area contributed by atoms with E-state index in [1.54, 1.807) is 0 Å². The third-order valence-electron chi connectivity index (χ3n) is 5.71. The molecule has 3 heterocycles. The Morgan fingerprint density at radius 2 is 2.16 bits per heavy atom. The lowest BCUT2D eigenvalue weighted by Gasteiger charge is -2.30. The average Bonchev–Trinajstić information content (AvgIpc) is 3.20. The summed E-state index contributed by atoms with van der Waals surface area (Å²) in [4.78, 5) is 21.9.